The Morgan fingerprint density at radius 2 is 2.00 bits per heavy atom. The average Bonchev–Trinajstić information content (AvgIpc) is 2.53. The van der Waals surface area contributed by atoms with E-state index in [1.165, 1.54) is 5.56 Å². The van der Waals surface area contributed by atoms with Crippen LogP contribution in [0.25, 0.3) is 0 Å². The molecular weight excluding hydrogens is 265 g/mol. The summed E-state index contributed by atoms with van der Waals surface area (Å²) in [5.74, 6) is 0.658. The van der Waals surface area contributed by atoms with Crippen molar-refractivity contribution in [3.05, 3.63) is 65.5 Å². The molecule has 3 heteroatoms. The number of fused-ring (bicyclic) bond motifs is 1. The van der Waals surface area contributed by atoms with Crippen molar-refractivity contribution >= 4 is 0 Å². The van der Waals surface area contributed by atoms with Gasteiger partial charge in [0.1, 0.15) is 18.2 Å². The van der Waals surface area contributed by atoms with Gasteiger partial charge in [-0.15, -0.1) is 0 Å². The van der Waals surface area contributed by atoms with Gasteiger partial charge in [-0.05, 0) is 48.2 Å². The molecule has 0 amide bonds. The van der Waals surface area contributed by atoms with Crippen molar-refractivity contribution in [2.75, 3.05) is 6.61 Å². The van der Waals surface area contributed by atoms with Crippen LogP contribution in [0, 0.1) is 5.82 Å². The van der Waals surface area contributed by atoms with Gasteiger partial charge in [-0.1, -0.05) is 31.2 Å². The van der Waals surface area contributed by atoms with Crippen LogP contribution in [0.1, 0.15) is 30.5 Å². The predicted octanol–water partition coefficient (Wildman–Crippen LogP) is 3.87. The summed E-state index contributed by atoms with van der Waals surface area (Å²) >= 11 is 0. The molecule has 2 atom stereocenters. The van der Waals surface area contributed by atoms with E-state index in [9.17, 15) is 4.39 Å². The molecule has 0 radical (unpaired) electrons. The minimum Gasteiger partial charge on any atom is -0.492 e. The summed E-state index contributed by atoms with van der Waals surface area (Å²) in [5, 5.41) is 3.57. The second kappa shape index (κ2) is 6.27. The van der Waals surface area contributed by atoms with Crippen LogP contribution in [0.15, 0.2) is 48.5 Å². The Morgan fingerprint density at radius 1 is 1.19 bits per heavy atom. The molecule has 2 nitrogen and oxygen atoms in total. The van der Waals surface area contributed by atoms with Crippen LogP contribution < -0.4 is 10.1 Å². The lowest BCUT2D eigenvalue weighted by atomic mass is 9.89. The maximum Gasteiger partial charge on any atom is 0.123 e. The number of hydrogen-bond donors (Lipinski definition) is 1. The molecule has 0 bridgehead atoms. The number of rotatable bonds is 4. The van der Waals surface area contributed by atoms with Gasteiger partial charge < -0.3 is 10.1 Å². The van der Waals surface area contributed by atoms with Crippen LogP contribution in [0.5, 0.6) is 5.75 Å². The summed E-state index contributed by atoms with van der Waals surface area (Å²) < 4.78 is 19.4. The monoisotopic (exact) mass is 285 g/mol. The molecule has 1 aliphatic heterocycles. The highest BCUT2D eigenvalue weighted by Gasteiger charge is 2.26. The minimum absolute atomic E-state index is 0.0367. The molecule has 0 saturated heterocycles. The molecule has 0 spiro atoms. The van der Waals surface area contributed by atoms with Gasteiger partial charge in [-0.2, -0.15) is 0 Å². The third-order valence-electron chi connectivity index (χ3n) is 4.04. The maximum atomic E-state index is 13.5. The minimum atomic E-state index is -0.185. The normalized spacial score (nSPS) is 20.9. The second-order valence-corrected chi connectivity index (χ2v) is 5.50. The number of nitrogens with one attached hydrogen (secondary N) is 1. The lowest BCUT2D eigenvalue weighted by Gasteiger charge is -2.32. The number of hydrogen-bond acceptors (Lipinski definition) is 2. The van der Waals surface area contributed by atoms with E-state index in [1.807, 2.05) is 36.4 Å². The van der Waals surface area contributed by atoms with E-state index in [0.717, 1.165) is 24.2 Å². The van der Waals surface area contributed by atoms with Crippen LogP contribution in [0.4, 0.5) is 4.39 Å². The van der Waals surface area contributed by atoms with Gasteiger partial charge >= 0.3 is 0 Å². The van der Waals surface area contributed by atoms with E-state index in [2.05, 4.69) is 12.2 Å². The molecule has 0 saturated carbocycles. The third-order valence-corrected chi connectivity index (χ3v) is 4.04. The lowest BCUT2D eigenvalue weighted by Crippen LogP contribution is -2.41. The summed E-state index contributed by atoms with van der Waals surface area (Å²) in [6.07, 6.45) is 2.01. The number of ether oxygens (including phenoxy) is 1. The summed E-state index contributed by atoms with van der Waals surface area (Å²) in [7, 11) is 0. The Hall–Kier alpha value is -1.87. The van der Waals surface area contributed by atoms with Crippen molar-refractivity contribution in [2.24, 2.45) is 0 Å². The number of halogens is 1. The van der Waals surface area contributed by atoms with Crippen molar-refractivity contribution in [1.29, 1.82) is 0 Å². The van der Waals surface area contributed by atoms with Crippen LogP contribution in [-0.2, 0) is 6.42 Å². The fourth-order valence-electron chi connectivity index (χ4n) is 2.87. The quantitative estimate of drug-likeness (QED) is 0.920. The Morgan fingerprint density at radius 3 is 2.76 bits per heavy atom. The number of benzene rings is 2. The fraction of sp³-hybridized carbons (Fsp3) is 0.333. The molecule has 0 fully saturated rings. The summed E-state index contributed by atoms with van der Waals surface area (Å²) in [6.45, 7) is 2.68. The van der Waals surface area contributed by atoms with E-state index in [0.29, 0.717) is 12.6 Å². The highest BCUT2D eigenvalue weighted by molar-refractivity contribution is 5.34. The van der Waals surface area contributed by atoms with Crippen molar-refractivity contribution in [1.82, 2.24) is 5.32 Å². The first-order valence-electron chi connectivity index (χ1n) is 7.48. The van der Waals surface area contributed by atoms with Crippen molar-refractivity contribution in [3.63, 3.8) is 0 Å². The first-order chi connectivity index (χ1) is 10.3. The first kappa shape index (κ1) is 14.1. The van der Waals surface area contributed by atoms with E-state index in [-0.39, 0.29) is 11.9 Å². The van der Waals surface area contributed by atoms with Gasteiger partial charge in [-0.3, -0.25) is 0 Å². The van der Waals surface area contributed by atoms with E-state index in [4.69, 9.17) is 4.74 Å². The van der Waals surface area contributed by atoms with Gasteiger partial charge in [0.25, 0.3) is 0 Å². The molecule has 0 aliphatic carbocycles. The standard InChI is InChI=1S/C18H20FNO/c1-2-15-10-13-8-9-14(19)11-17(13)18(20-15)12-21-16-6-4-3-5-7-16/h3-9,11,15,18,20H,2,10,12H2,1H3. The van der Waals surface area contributed by atoms with Crippen LogP contribution in [0.3, 0.4) is 0 Å². The van der Waals surface area contributed by atoms with E-state index < -0.39 is 0 Å². The molecule has 110 valence electrons. The predicted molar refractivity (Wildman–Crippen MR) is 82.0 cm³/mol. The van der Waals surface area contributed by atoms with Crippen LogP contribution in [-0.4, -0.2) is 12.6 Å². The molecule has 2 unspecified atom stereocenters. The molecule has 0 aromatic heterocycles. The second-order valence-electron chi connectivity index (χ2n) is 5.50. The average molecular weight is 285 g/mol. The Balaban J connectivity index is 1.79. The molecule has 1 aliphatic rings. The summed E-state index contributed by atoms with van der Waals surface area (Å²) in [5.41, 5.74) is 2.25. The van der Waals surface area contributed by atoms with E-state index in [1.54, 1.807) is 12.1 Å². The maximum absolute atomic E-state index is 13.5. The van der Waals surface area contributed by atoms with Crippen molar-refractivity contribution < 1.29 is 9.13 Å². The first-order valence-corrected chi connectivity index (χ1v) is 7.48. The molecule has 21 heavy (non-hydrogen) atoms. The summed E-state index contributed by atoms with van der Waals surface area (Å²) in [6, 6.07) is 15.3. The zero-order chi connectivity index (χ0) is 14.7. The van der Waals surface area contributed by atoms with Crippen molar-refractivity contribution in [3.8, 4) is 5.75 Å². The smallest absolute Gasteiger partial charge is 0.123 e. The molecule has 2 aromatic rings. The summed E-state index contributed by atoms with van der Waals surface area (Å²) in [4.78, 5) is 0. The molecular formula is C18H20FNO. The van der Waals surface area contributed by atoms with Gasteiger partial charge in [0.05, 0.1) is 6.04 Å². The van der Waals surface area contributed by atoms with Crippen LogP contribution in [0.2, 0.25) is 0 Å². The molecule has 1 heterocycles. The third kappa shape index (κ3) is 3.24. The molecule has 3 rings (SSSR count). The fourth-order valence-corrected chi connectivity index (χ4v) is 2.87. The molecule has 1 N–H and O–H groups in total. The zero-order valence-electron chi connectivity index (χ0n) is 12.2. The Kier molecular flexibility index (Phi) is 4.20. The van der Waals surface area contributed by atoms with E-state index >= 15 is 0 Å². The van der Waals surface area contributed by atoms with Gasteiger partial charge in [0.2, 0.25) is 0 Å². The SMILES string of the molecule is CCC1Cc2ccc(F)cc2C(COc2ccccc2)N1. The van der Waals surface area contributed by atoms with Crippen LogP contribution >= 0.6 is 0 Å². The van der Waals surface area contributed by atoms with Gasteiger partial charge in [-0.25, -0.2) is 4.39 Å². The Labute approximate surface area is 125 Å². The lowest BCUT2D eigenvalue weighted by molar-refractivity contribution is 0.241. The molecule has 2 aromatic carbocycles. The van der Waals surface area contributed by atoms with Gasteiger partial charge in [0, 0.05) is 6.04 Å². The zero-order valence-corrected chi connectivity index (χ0v) is 12.2. The highest BCUT2D eigenvalue weighted by Crippen LogP contribution is 2.28. The Bertz CT molecular complexity index is 599. The number of para-hydroxylation sites is 1. The van der Waals surface area contributed by atoms with Gasteiger partial charge in [0.15, 0.2) is 0 Å². The van der Waals surface area contributed by atoms with Crippen molar-refractivity contribution in [2.45, 2.75) is 31.8 Å². The highest BCUT2D eigenvalue weighted by atomic mass is 19.1. The topological polar surface area (TPSA) is 21.3 Å². The largest absolute Gasteiger partial charge is 0.492 e.